The zero-order valence-corrected chi connectivity index (χ0v) is 20.2. The van der Waals surface area contributed by atoms with Crippen molar-refractivity contribution in [1.29, 1.82) is 0 Å². The van der Waals surface area contributed by atoms with Crippen molar-refractivity contribution < 1.29 is 26.7 Å². The van der Waals surface area contributed by atoms with E-state index in [-0.39, 0.29) is 35.0 Å². The number of benzene rings is 1. The van der Waals surface area contributed by atoms with Gasteiger partial charge in [-0.3, -0.25) is 9.67 Å². The average molecular weight is 567 g/mol. The van der Waals surface area contributed by atoms with Gasteiger partial charge in [0.1, 0.15) is 12.7 Å². The molecule has 1 aromatic carbocycles. The van der Waals surface area contributed by atoms with Gasteiger partial charge < -0.3 is 4.74 Å². The minimum atomic E-state index is -2.99. The molecule has 0 aliphatic carbocycles. The maximum atomic E-state index is 15.1. The highest BCUT2D eigenvalue weighted by molar-refractivity contribution is 6.31. The van der Waals surface area contributed by atoms with Crippen LogP contribution in [0.25, 0.3) is 28.2 Å². The zero-order valence-electron chi connectivity index (χ0n) is 19.5. The maximum Gasteiger partial charge on any atom is 0.345 e. The molecule has 1 unspecified atom stereocenters. The number of rotatable bonds is 10. The number of halogens is 6. The smallest absolute Gasteiger partial charge is 0.323 e. The van der Waals surface area contributed by atoms with E-state index in [2.05, 4.69) is 40.4 Å². The van der Waals surface area contributed by atoms with Crippen LogP contribution in [0.2, 0.25) is 5.02 Å². The summed E-state index contributed by atoms with van der Waals surface area (Å²) in [6.45, 7) is -6.28. The Kier molecular flexibility index (Phi) is 7.56. The number of hydrogen-bond acceptors (Lipinski definition) is 8. The summed E-state index contributed by atoms with van der Waals surface area (Å²) in [4.78, 5) is 8.26. The lowest BCUT2D eigenvalue weighted by Gasteiger charge is -2.18. The molecule has 5 rings (SSSR count). The van der Waals surface area contributed by atoms with E-state index in [0.29, 0.717) is 21.6 Å². The van der Waals surface area contributed by atoms with E-state index in [1.807, 2.05) is 0 Å². The molecule has 17 heteroatoms. The zero-order chi connectivity index (χ0) is 27.5. The summed E-state index contributed by atoms with van der Waals surface area (Å²) < 4.78 is 74.4. The molecule has 11 nitrogen and oxygen atoms in total. The molecule has 39 heavy (non-hydrogen) atoms. The average Bonchev–Trinajstić information content (AvgIpc) is 3.70. The Hall–Kier alpha value is -4.31. The van der Waals surface area contributed by atoms with Gasteiger partial charge in [-0.05, 0) is 35.0 Å². The second kappa shape index (κ2) is 11.2. The molecule has 0 amide bonds. The molecule has 0 aliphatic rings. The van der Waals surface area contributed by atoms with Crippen molar-refractivity contribution in [3.05, 3.63) is 72.0 Å². The summed E-state index contributed by atoms with van der Waals surface area (Å²) in [5.74, 6) is -0.852. The summed E-state index contributed by atoms with van der Waals surface area (Å²) in [6.07, 6.45) is 6.34. The van der Waals surface area contributed by atoms with E-state index < -0.39 is 25.0 Å². The number of hydrogen-bond donors (Lipinski definition) is 0. The van der Waals surface area contributed by atoms with Gasteiger partial charge >= 0.3 is 13.2 Å². The van der Waals surface area contributed by atoms with Crippen LogP contribution in [0, 0.1) is 5.82 Å². The van der Waals surface area contributed by atoms with Crippen molar-refractivity contribution in [2.45, 2.75) is 25.6 Å². The first-order valence-corrected chi connectivity index (χ1v) is 11.5. The van der Waals surface area contributed by atoms with E-state index in [1.54, 1.807) is 18.2 Å². The largest absolute Gasteiger partial charge is 0.345 e. The molecule has 4 heterocycles. The van der Waals surface area contributed by atoms with Gasteiger partial charge in [-0.1, -0.05) is 17.7 Å². The summed E-state index contributed by atoms with van der Waals surface area (Å²) in [5, 5.41) is 18.5. The molecule has 5 aromatic rings. The Morgan fingerprint density at radius 1 is 0.974 bits per heavy atom. The SMILES string of the molecule is Fc1c(Cl)ccc(-n2cnnn2)c1-c1ccc(C(CCOC(F)F)n2cc(-c3ncnn3C(F)F)cn2)nc1. The minimum Gasteiger partial charge on any atom is -0.323 e. The highest BCUT2D eigenvalue weighted by Crippen LogP contribution is 2.34. The fraction of sp³-hybridized carbons (Fsp3) is 0.227. The fourth-order valence-electron chi connectivity index (χ4n) is 3.94. The monoisotopic (exact) mass is 566 g/mol. The molecule has 0 saturated carbocycles. The van der Waals surface area contributed by atoms with Crippen LogP contribution >= 0.6 is 11.6 Å². The Morgan fingerprint density at radius 2 is 1.82 bits per heavy atom. The number of pyridine rings is 1. The first kappa shape index (κ1) is 26.3. The van der Waals surface area contributed by atoms with Crippen LogP contribution in [-0.4, -0.2) is 63.0 Å². The molecule has 0 N–H and O–H groups in total. The minimum absolute atomic E-state index is 0.000741. The van der Waals surface area contributed by atoms with Crippen molar-refractivity contribution in [1.82, 2.24) is 49.7 Å². The van der Waals surface area contributed by atoms with Gasteiger partial charge in [0.2, 0.25) is 0 Å². The van der Waals surface area contributed by atoms with Crippen LogP contribution < -0.4 is 0 Å². The van der Waals surface area contributed by atoms with Crippen LogP contribution in [0.5, 0.6) is 0 Å². The lowest BCUT2D eigenvalue weighted by Crippen LogP contribution is -2.16. The van der Waals surface area contributed by atoms with E-state index in [0.717, 1.165) is 6.33 Å². The summed E-state index contributed by atoms with van der Waals surface area (Å²) in [6, 6.07) is 5.26. The molecule has 0 aliphatic heterocycles. The molecule has 0 spiro atoms. The standard InChI is InChI=1S/C22H16ClF5N10O/c23-14-2-4-17(37-11-31-34-35-37)18(19(14)24)12-1-3-15(29-7-12)16(5-6-39-22(27)28)36-9-13(8-32-36)20-30-10-33-38(20)21(25)26/h1-4,7-11,16,21-22H,5-6H2. The summed E-state index contributed by atoms with van der Waals surface area (Å²) in [7, 11) is 0. The van der Waals surface area contributed by atoms with Crippen molar-refractivity contribution in [2.24, 2.45) is 0 Å². The first-order chi connectivity index (χ1) is 18.8. The quantitative estimate of drug-likeness (QED) is 0.226. The van der Waals surface area contributed by atoms with Gasteiger partial charge in [-0.25, -0.2) is 9.37 Å². The second-order valence-corrected chi connectivity index (χ2v) is 8.34. The normalized spacial score (nSPS) is 12.5. The Bertz CT molecular complexity index is 1540. The number of aromatic nitrogens is 10. The number of ether oxygens (including phenoxy) is 1. The van der Waals surface area contributed by atoms with Crippen LogP contribution in [-0.2, 0) is 4.74 Å². The van der Waals surface area contributed by atoms with Crippen LogP contribution in [0.15, 0.2) is 55.5 Å². The molecule has 0 bridgehead atoms. The van der Waals surface area contributed by atoms with Crippen LogP contribution in [0.4, 0.5) is 22.0 Å². The van der Waals surface area contributed by atoms with Gasteiger partial charge in [0, 0.05) is 23.5 Å². The van der Waals surface area contributed by atoms with E-state index in [1.165, 1.54) is 40.3 Å². The molecule has 0 saturated heterocycles. The van der Waals surface area contributed by atoms with Gasteiger partial charge in [-0.2, -0.15) is 37.1 Å². The van der Waals surface area contributed by atoms with Gasteiger partial charge in [0.15, 0.2) is 11.6 Å². The Labute approximate surface area is 220 Å². The molecule has 4 aromatic heterocycles. The highest BCUT2D eigenvalue weighted by Gasteiger charge is 2.23. The highest BCUT2D eigenvalue weighted by atomic mass is 35.5. The van der Waals surface area contributed by atoms with Crippen LogP contribution in [0.1, 0.15) is 24.7 Å². The van der Waals surface area contributed by atoms with E-state index in [4.69, 9.17) is 11.6 Å². The predicted octanol–water partition coefficient (Wildman–Crippen LogP) is 4.59. The topological polar surface area (TPSA) is 114 Å². The molecular weight excluding hydrogens is 551 g/mol. The first-order valence-electron chi connectivity index (χ1n) is 11.1. The number of alkyl halides is 4. The van der Waals surface area contributed by atoms with Gasteiger partial charge in [0.05, 0.1) is 40.8 Å². The lowest BCUT2D eigenvalue weighted by molar-refractivity contribution is -0.130. The molecule has 0 fully saturated rings. The van der Waals surface area contributed by atoms with E-state index >= 15 is 4.39 Å². The fourth-order valence-corrected chi connectivity index (χ4v) is 4.09. The maximum absolute atomic E-state index is 15.1. The third kappa shape index (κ3) is 5.46. The lowest BCUT2D eigenvalue weighted by atomic mass is 10.0. The van der Waals surface area contributed by atoms with Gasteiger partial charge in [0.25, 0.3) is 0 Å². The van der Waals surface area contributed by atoms with Crippen molar-refractivity contribution in [3.63, 3.8) is 0 Å². The second-order valence-electron chi connectivity index (χ2n) is 7.93. The van der Waals surface area contributed by atoms with Crippen molar-refractivity contribution >= 4 is 11.6 Å². The molecule has 1 atom stereocenters. The summed E-state index contributed by atoms with van der Waals surface area (Å²) >= 11 is 6.02. The van der Waals surface area contributed by atoms with E-state index in [9.17, 15) is 17.6 Å². The summed E-state index contributed by atoms with van der Waals surface area (Å²) in [5.41, 5.74) is 1.29. The number of tetrazole rings is 1. The number of nitrogens with zero attached hydrogens (tertiary/aromatic N) is 10. The Morgan fingerprint density at radius 3 is 2.51 bits per heavy atom. The molecule has 0 radical (unpaired) electrons. The molecule has 202 valence electrons. The van der Waals surface area contributed by atoms with Crippen LogP contribution in [0.3, 0.4) is 0 Å². The predicted molar refractivity (Wildman–Crippen MR) is 125 cm³/mol. The van der Waals surface area contributed by atoms with Gasteiger partial charge in [-0.15, -0.1) is 5.10 Å². The molecular formula is C22H16ClF5N10O. The third-order valence-corrected chi connectivity index (χ3v) is 5.95. The van der Waals surface area contributed by atoms with Crippen molar-refractivity contribution in [3.8, 4) is 28.2 Å². The van der Waals surface area contributed by atoms with Crippen molar-refractivity contribution in [2.75, 3.05) is 6.61 Å². The third-order valence-electron chi connectivity index (χ3n) is 5.66. The Balaban J connectivity index is 1.50.